The van der Waals surface area contributed by atoms with Gasteiger partial charge in [-0.05, 0) is 30.2 Å². The van der Waals surface area contributed by atoms with E-state index in [0.717, 1.165) is 11.1 Å². The molecule has 2 rings (SSSR count). The largest absolute Gasteiger partial charge is 0.309 e. The average Bonchev–Trinajstić information content (AvgIpc) is 2.49. The van der Waals surface area contributed by atoms with Gasteiger partial charge in [-0.2, -0.15) is 5.26 Å². The zero-order valence-electron chi connectivity index (χ0n) is 11.4. The third-order valence-electron chi connectivity index (χ3n) is 3.33. The van der Waals surface area contributed by atoms with E-state index < -0.39 is 0 Å². The summed E-state index contributed by atoms with van der Waals surface area (Å²) in [4.78, 5) is 0. The summed E-state index contributed by atoms with van der Waals surface area (Å²) in [5, 5.41) is 12.5. The van der Waals surface area contributed by atoms with Crippen molar-refractivity contribution in [3.63, 3.8) is 0 Å². The Morgan fingerprint density at radius 3 is 2.45 bits per heavy atom. The summed E-state index contributed by atoms with van der Waals surface area (Å²) in [6.07, 6.45) is 0. The molecule has 2 aromatic carbocycles. The van der Waals surface area contributed by atoms with Crippen LogP contribution in [0.3, 0.4) is 0 Å². The molecule has 0 aliphatic rings. The van der Waals surface area contributed by atoms with Crippen LogP contribution in [0, 0.1) is 17.1 Å². The number of rotatable bonds is 5. The highest BCUT2D eigenvalue weighted by Crippen LogP contribution is 2.17. The number of benzene rings is 2. The highest BCUT2D eigenvalue weighted by atomic mass is 19.1. The molecule has 0 heterocycles. The number of halogens is 1. The van der Waals surface area contributed by atoms with Crippen molar-refractivity contribution in [1.29, 1.82) is 5.26 Å². The van der Waals surface area contributed by atoms with E-state index in [1.807, 2.05) is 43.3 Å². The molecule has 3 heteroatoms. The van der Waals surface area contributed by atoms with Crippen LogP contribution < -0.4 is 5.32 Å². The first-order valence-corrected chi connectivity index (χ1v) is 6.64. The quantitative estimate of drug-likeness (QED) is 0.895. The standard InChI is InChI=1S/C17H17FN2/c1-13(15-8-5-9-17(18)10-15)20-12-16(11-19)14-6-3-2-4-7-14/h2-10,13,16,20H,12H2,1H3/t13-,16?/m1/s1. The van der Waals surface area contributed by atoms with E-state index in [9.17, 15) is 9.65 Å². The highest BCUT2D eigenvalue weighted by Gasteiger charge is 2.12. The van der Waals surface area contributed by atoms with E-state index in [2.05, 4.69) is 11.4 Å². The maximum absolute atomic E-state index is 13.2. The number of hydrogen-bond donors (Lipinski definition) is 1. The van der Waals surface area contributed by atoms with E-state index in [-0.39, 0.29) is 17.8 Å². The summed E-state index contributed by atoms with van der Waals surface area (Å²) < 4.78 is 13.2. The van der Waals surface area contributed by atoms with Gasteiger partial charge in [-0.15, -0.1) is 0 Å². The van der Waals surface area contributed by atoms with Crippen molar-refractivity contribution in [3.8, 4) is 6.07 Å². The van der Waals surface area contributed by atoms with Crippen LogP contribution in [0.25, 0.3) is 0 Å². The Bertz CT molecular complexity index is 589. The Labute approximate surface area is 118 Å². The lowest BCUT2D eigenvalue weighted by molar-refractivity contribution is 0.551. The average molecular weight is 268 g/mol. The van der Waals surface area contributed by atoms with Gasteiger partial charge in [0, 0.05) is 12.6 Å². The SMILES string of the molecule is C[C@@H](NCC(C#N)c1ccccc1)c1cccc(F)c1. The van der Waals surface area contributed by atoms with Crippen molar-refractivity contribution < 1.29 is 4.39 Å². The minimum Gasteiger partial charge on any atom is -0.309 e. The van der Waals surface area contributed by atoms with E-state index in [4.69, 9.17) is 0 Å². The van der Waals surface area contributed by atoms with Gasteiger partial charge in [-0.1, -0.05) is 42.5 Å². The van der Waals surface area contributed by atoms with Gasteiger partial charge in [0.2, 0.25) is 0 Å². The molecule has 0 aromatic heterocycles. The van der Waals surface area contributed by atoms with Crippen LogP contribution in [0.4, 0.5) is 4.39 Å². The molecule has 0 fully saturated rings. The van der Waals surface area contributed by atoms with Gasteiger partial charge in [0.1, 0.15) is 5.82 Å². The smallest absolute Gasteiger partial charge is 0.123 e. The predicted molar refractivity (Wildman–Crippen MR) is 77.6 cm³/mol. The minimum absolute atomic E-state index is 0.00487. The van der Waals surface area contributed by atoms with Crippen molar-refractivity contribution in [2.75, 3.05) is 6.54 Å². The molecule has 0 spiro atoms. The molecular formula is C17H17FN2. The Hall–Kier alpha value is -2.18. The van der Waals surface area contributed by atoms with Crippen LogP contribution in [0.15, 0.2) is 54.6 Å². The molecule has 102 valence electrons. The second-order valence-electron chi connectivity index (χ2n) is 4.78. The van der Waals surface area contributed by atoms with Gasteiger partial charge in [0.15, 0.2) is 0 Å². The Morgan fingerprint density at radius 1 is 1.10 bits per heavy atom. The van der Waals surface area contributed by atoms with Crippen molar-refractivity contribution in [2.45, 2.75) is 18.9 Å². The van der Waals surface area contributed by atoms with E-state index >= 15 is 0 Å². The van der Waals surface area contributed by atoms with Crippen molar-refractivity contribution in [2.24, 2.45) is 0 Å². The van der Waals surface area contributed by atoms with Crippen molar-refractivity contribution >= 4 is 0 Å². The van der Waals surface area contributed by atoms with Crippen molar-refractivity contribution in [3.05, 3.63) is 71.5 Å². The number of nitriles is 1. The zero-order chi connectivity index (χ0) is 14.4. The lowest BCUT2D eigenvalue weighted by Gasteiger charge is -2.17. The van der Waals surface area contributed by atoms with Gasteiger partial charge >= 0.3 is 0 Å². The molecule has 1 unspecified atom stereocenters. The van der Waals surface area contributed by atoms with Crippen molar-refractivity contribution in [1.82, 2.24) is 5.32 Å². The summed E-state index contributed by atoms with van der Waals surface area (Å²) in [5.41, 5.74) is 1.88. The van der Waals surface area contributed by atoms with Crippen LogP contribution >= 0.6 is 0 Å². The van der Waals surface area contributed by atoms with Crippen LogP contribution in [-0.2, 0) is 0 Å². The summed E-state index contributed by atoms with van der Waals surface area (Å²) in [5.74, 6) is -0.441. The molecule has 0 aliphatic carbocycles. The molecule has 2 aromatic rings. The number of nitrogens with one attached hydrogen (secondary N) is 1. The molecule has 0 bridgehead atoms. The second kappa shape index (κ2) is 6.83. The van der Waals surface area contributed by atoms with E-state index in [1.165, 1.54) is 12.1 Å². The van der Waals surface area contributed by atoms with Crippen LogP contribution in [0.2, 0.25) is 0 Å². The fourth-order valence-electron chi connectivity index (χ4n) is 2.11. The van der Waals surface area contributed by atoms with Gasteiger partial charge in [0.05, 0.1) is 12.0 Å². The fourth-order valence-corrected chi connectivity index (χ4v) is 2.11. The Morgan fingerprint density at radius 2 is 1.80 bits per heavy atom. The van der Waals surface area contributed by atoms with Crippen LogP contribution in [0.5, 0.6) is 0 Å². The molecule has 0 saturated heterocycles. The lowest BCUT2D eigenvalue weighted by Crippen LogP contribution is -2.24. The molecule has 1 N–H and O–H groups in total. The normalized spacial score (nSPS) is 13.4. The third kappa shape index (κ3) is 3.66. The summed E-state index contributed by atoms with van der Waals surface area (Å²) in [7, 11) is 0. The van der Waals surface area contributed by atoms with Gasteiger partial charge < -0.3 is 5.32 Å². The zero-order valence-corrected chi connectivity index (χ0v) is 11.4. The second-order valence-corrected chi connectivity index (χ2v) is 4.78. The summed E-state index contributed by atoms with van der Waals surface area (Å²) in [6, 6.07) is 18.5. The number of nitrogens with zero attached hydrogens (tertiary/aromatic N) is 1. The first-order chi connectivity index (χ1) is 9.70. The highest BCUT2D eigenvalue weighted by molar-refractivity contribution is 5.25. The molecular weight excluding hydrogens is 251 g/mol. The third-order valence-corrected chi connectivity index (χ3v) is 3.33. The maximum Gasteiger partial charge on any atom is 0.123 e. The summed E-state index contributed by atoms with van der Waals surface area (Å²) >= 11 is 0. The van der Waals surface area contributed by atoms with E-state index in [0.29, 0.717) is 6.54 Å². The molecule has 20 heavy (non-hydrogen) atoms. The topological polar surface area (TPSA) is 35.8 Å². The van der Waals surface area contributed by atoms with E-state index in [1.54, 1.807) is 6.07 Å². The first-order valence-electron chi connectivity index (χ1n) is 6.64. The molecule has 0 aliphatic heterocycles. The predicted octanol–water partition coefficient (Wildman–Crippen LogP) is 3.78. The Kier molecular flexibility index (Phi) is 4.86. The molecule has 2 atom stereocenters. The van der Waals surface area contributed by atoms with Crippen LogP contribution in [0.1, 0.15) is 30.0 Å². The molecule has 2 nitrogen and oxygen atoms in total. The number of hydrogen-bond acceptors (Lipinski definition) is 2. The van der Waals surface area contributed by atoms with Gasteiger partial charge in [-0.25, -0.2) is 4.39 Å². The molecule has 0 radical (unpaired) electrons. The Balaban J connectivity index is 1.99. The van der Waals surface area contributed by atoms with Gasteiger partial charge in [-0.3, -0.25) is 0 Å². The van der Waals surface area contributed by atoms with Crippen LogP contribution in [-0.4, -0.2) is 6.54 Å². The van der Waals surface area contributed by atoms with Gasteiger partial charge in [0.25, 0.3) is 0 Å². The molecule has 0 amide bonds. The monoisotopic (exact) mass is 268 g/mol. The molecule has 0 saturated carbocycles. The fraction of sp³-hybridized carbons (Fsp3) is 0.235. The summed E-state index contributed by atoms with van der Waals surface area (Å²) in [6.45, 7) is 2.51. The maximum atomic E-state index is 13.2. The minimum atomic E-state index is -0.240. The first kappa shape index (κ1) is 14.2. The lowest BCUT2D eigenvalue weighted by atomic mass is 10.00.